The van der Waals surface area contributed by atoms with Crippen molar-refractivity contribution in [2.45, 2.75) is 6.23 Å². The van der Waals surface area contributed by atoms with Gasteiger partial charge in [-0.2, -0.15) is 5.26 Å². The molecule has 1 aliphatic rings. The molecule has 1 atom stereocenters. The number of hydrogen-bond acceptors (Lipinski definition) is 5. The average molecular weight is 335 g/mol. The normalized spacial score (nSPS) is 16.5. The van der Waals surface area contributed by atoms with E-state index in [1.165, 1.54) is 24.3 Å². The summed E-state index contributed by atoms with van der Waals surface area (Å²) in [4.78, 5) is 24.1. The second-order valence-electron chi connectivity index (χ2n) is 5.49. The van der Waals surface area contributed by atoms with Gasteiger partial charge in [-0.15, -0.1) is 0 Å². The molecule has 1 N–H and O–H groups in total. The van der Waals surface area contributed by atoms with Gasteiger partial charge in [-0.3, -0.25) is 14.9 Å². The summed E-state index contributed by atoms with van der Waals surface area (Å²) in [5.74, 6) is -0.383. The van der Waals surface area contributed by atoms with E-state index in [9.17, 15) is 25.3 Å². The van der Waals surface area contributed by atoms with Crippen molar-refractivity contribution in [3.8, 4) is 6.07 Å². The van der Waals surface area contributed by atoms with Crippen LogP contribution in [0.2, 0.25) is 0 Å². The number of carbonyl (C=O) groups excluding carboxylic acids is 1. The molecule has 0 bridgehead atoms. The van der Waals surface area contributed by atoms with Gasteiger partial charge in [-0.25, -0.2) is 0 Å². The van der Waals surface area contributed by atoms with Crippen LogP contribution in [0.25, 0.3) is 6.08 Å². The third kappa shape index (κ3) is 2.98. The second-order valence-corrected chi connectivity index (χ2v) is 5.49. The first-order valence-electron chi connectivity index (χ1n) is 7.45. The molecule has 2 aromatic carbocycles. The average Bonchev–Trinajstić information content (AvgIpc) is 2.86. The Labute approximate surface area is 143 Å². The Morgan fingerprint density at radius 1 is 1.28 bits per heavy atom. The summed E-state index contributed by atoms with van der Waals surface area (Å²) in [6.07, 6.45) is 0.215. The molecule has 7 nitrogen and oxygen atoms in total. The van der Waals surface area contributed by atoms with Gasteiger partial charge >= 0.3 is 0 Å². The van der Waals surface area contributed by atoms with Crippen LogP contribution in [0.5, 0.6) is 0 Å². The van der Waals surface area contributed by atoms with Crippen molar-refractivity contribution >= 4 is 17.7 Å². The number of carbonyl (C=O) groups is 1. The summed E-state index contributed by atoms with van der Waals surface area (Å²) in [5.41, 5.74) is 1.14. The number of rotatable bonds is 4. The fraction of sp³-hybridized carbons (Fsp3) is 0.111. The van der Waals surface area contributed by atoms with Crippen molar-refractivity contribution < 1.29 is 14.8 Å². The van der Waals surface area contributed by atoms with Gasteiger partial charge in [0.05, 0.1) is 23.1 Å². The first kappa shape index (κ1) is 16.4. The van der Waals surface area contributed by atoms with Crippen LogP contribution in [0, 0.1) is 21.4 Å². The summed E-state index contributed by atoms with van der Waals surface area (Å²) in [6.45, 7) is -0.142. The number of nitriles is 1. The van der Waals surface area contributed by atoms with E-state index in [1.54, 1.807) is 30.3 Å². The van der Waals surface area contributed by atoms with Crippen molar-refractivity contribution in [1.29, 1.82) is 5.26 Å². The Hall–Kier alpha value is -3.50. The minimum Gasteiger partial charge on any atom is -0.369 e. The van der Waals surface area contributed by atoms with Crippen molar-refractivity contribution in [2.24, 2.45) is 0 Å². The summed E-state index contributed by atoms with van der Waals surface area (Å²) >= 11 is 0. The lowest BCUT2D eigenvalue weighted by Crippen LogP contribution is -2.29. The molecule has 124 valence electrons. The van der Waals surface area contributed by atoms with E-state index >= 15 is 0 Å². The molecule has 25 heavy (non-hydrogen) atoms. The van der Waals surface area contributed by atoms with E-state index in [2.05, 4.69) is 0 Å². The fourth-order valence-corrected chi connectivity index (χ4v) is 2.77. The second kappa shape index (κ2) is 6.55. The summed E-state index contributed by atoms with van der Waals surface area (Å²) in [5, 5.41) is 30.8. The molecular formula is C18H13N3O4. The van der Waals surface area contributed by atoms with Crippen LogP contribution in [-0.4, -0.2) is 27.4 Å². The van der Waals surface area contributed by atoms with Gasteiger partial charge in [0.15, 0.2) is 6.23 Å². The molecule has 7 heteroatoms. The number of nitrogens with zero attached hydrogens (tertiary/aromatic N) is 3. The highest BCUT2D eigenvalue weighted by molar-refractivity contribution is 5.99. The van der Waals surface area contributed by atoms with Crippen LogP contribution in [0.1, 0.15) is 27.7 Å². The van der Waals surface area contributed by atoms with Crippen LogP contribution < -0.4 is 0 Å². The van der Waals surface area contributed by atoms with Gasteiger partial charge in [-0.1, -0.05) is 30.3 Å². The predicted octanol–water partition coefficient (Wildman–Crippen LogP) is 2.65. The molecule has 0 saturated carbocycles. The van der Waals surface area contributed by atoms with E-state index in [4.69, 9.17) is 0 Å². The minimum atomic E-state index is -1.15. The number of amides is 1. The van der Waals surface area contributed by atoms with Crippen LogP contribution >= 0.6 is 0 Å². The van der Waals surface area contributed by atoms with E-state index in [-0.39, 0.29) is 29.3 Å². The lowest BCUT2D eigenvalue weighted by molar-refractivity contribution is -0.385. The molecule has 0 radical (unpaired) electrons. The maximum absolute atomic E-state index is 12.4. The number of fused-ring (bicyclic) bond motifs is 1. The number of nitro groups is 1. The molecule has 2 aromatic rings. The molecule has 1 heterocycles. The quantitative estimate of drug-likeness (QED) is 0.525. The zero-order valence-electron chi connectivity index (χ0n) is 13.0. The molecule has 1 aliphatic heterocycles. The molecular weight excluding hydrogens is 322 g/mol. The lowest BCUT2D eigenvalue weighted by Gasteiger charge is -2.20. The summed E-state index contributed by atoms with van der Waals surface area (Å²) in [6, 6.07) is 14.6. The molecule has 0 spiro atoms. The van der Waals surface area contributed by atoms with Crippen molar-refractivity contribution in [3.63, 3.8) is 0 Å². The highest BCUT2D eigenvalue weighted by Gasteiger charge is 2.35. The van der Waals surface area contributed by atoms with Gasteiger partial charge in [0.2, 0.25) is 0 Å². The first-order chi connectivity index (χ1) is 12.0. The van der Waals surface area contributed by atoms with Gasteiger partial charge in [0.1, 0.15) is 0 Å². The number of benzene rings is 2. The van der Waals surface area contributed by atoms with Crippen LogP contribution in [0.4, 0.5) is 5.69 Å². The van der Waals surface area contributed by atoms with Gasteiger partial charge in [0.25, 0.3) is 11.6 Å². The number of para-hydroxylation sites is 1. The van der Waals surface area contributed by atoms with Crippen molar-refractivity contribution in [3.05, 3.63) is 80.9 Å². The molecule has 1 unspecified atom stereocenters. The van der Waals surface area contributed by atoms with E-state index in [0.29, 0.717) is 11.1 Å². The van der Waals surface area contributed by atoms with Gasteiger partial charge in [0, 0.05) is 22.8 Å². The maximum atomic E-state index is 12.4. The highest BCUT2D eigenvalue weighted by Crippen LogP contribution is 2.32. The van der Waals surface area contributed by atoms with Crippen LogP contribution in [0.3, 0.4) is 0 Å². The zero-order valence-corrected chi connectivity index (χ0v) is 13.0. The topological polar surface area (TPSA) is 107 Å². The Bertz CT molecular complexity index is 930. The van der Waals surface area contributed by atoms with E-state index in [0.717, 1.165) is 4.90 Å². The Kier molecular flexibility index (Phi) is 4.29. The summed E-state index contributed by atoms with van der Waals surface area (Å²) < 4.78 is 0. The Morgan fingerprint density at radius 2 is 1.96 bits per heavy atom. The van der Waals surface area contributed by atoms with Crippen LogP contribution in [-0.2, 0) is 0 Å². The first-order valence-corrected chi connectivity index (χ1v) is 7.45. The molecule has 0 aromatic heterocycles. The highest BCUT2D eigenvalue weighted by atomic mass is 16.6. The molecule has 0 aliphatic carbocycles. The largest absolute Gasteiger partial charge is 0.369 e. The van der Waals surface area contributed by atoms with Crippen molar-refractivity contribution in [1.82, 2.24) is 4.90 Å². The maximum Gasteiger partial charge on any atom is 0.276 e. The van der Waals surface area contributed by atoms with Gasteiger partial charge in [-0.05, 0) is 18.2 Å². The lowest BCUT2D eigenvalue weighted by atomic mass is 10.1. The number of aliphatic hydroxyl groups is 1. The van der Waals surface area contributed by atoms with Crippen LogP contribution in [0.15, 0.2) is 54.1 Å². The van der Waals surface area contributed by atoms with Gasteiger partial charge < -0.3 is 10.0 Å². The van der Waals surface area contributed by atoms with E-state index < -0.39 is 11.2 Å². The van der Waals surface area contributed by atoms with E-state index in [1.807, 2.05) is 6.07 Å². The zero-order chi connectivity index (χ0) is 18.0. The molecule has 1 amide bonds. The number of hydrogen-bond donors (Lipinski definition) is 1. The molecule has 0 fully saturated rings. The predicted molar refractivity (Wildman–Crippen MR) is 89.1 cm³/mol. The smallest absolute Gasteiger partial charge is 0.276 e. The fourth-order valence-electron chi connectivity index (χ4n) is 2.77. The molecule has 3 rings (SSSR count). The Morgan fingerprint density at radius 3 is 2.64 bits per heavy atom. The third-order valence-corrected chi connectivity index (χ3v) is 3.97. The standard InChI is InChI=1S/C18H13N3O4/c19-10-12(9-13-5-1-4-8-16(13)21(24)25)11-20-17(22)14-6-2-3-7-15(14)18(20)23/h1-9,17,22H,11H2/b12-9-. The Balaban J connectivity index is 1.91. The number of nitro benzene ring substituents is 1. The molecule has 0 saturated heterocycles. The monoisotopic (exact) mass is 335 g/mol. The minimum absolute atomic E-state index is 0.133. The third-order valence-electron chi connectivity index (χ3n) is 3.97. The SMILES string of the molecule is N#C/C(=C/c1ccccc1[N+](=O)[O-])CN1C(=O)c2ccccc2C1O. The van der Waals surface area contributed by atoms with Crippen molar-refractivity contribution in [2.75, 3.05) is 6.54 Å². The number of aliphatic hydroxyl groups excluding tert-OH is 1. The summed E-state index contributed by atoms with van der Waals surface area (Å²) in [7, 11) is 0.